The number of ether oxygens (including phenoxy) is 2. The Kier molecular flexibility index (Phi) is 5.12. The van der Waals surface area contributed by atoms with Gasteiger partial charge in [-0.2, -0.15) is 0 Å². The molecule has 0 saturated heterocycles. The third kappa shape index (κ3) is 3.83. The maximum absolute atomic E-state index is 12.6. The summed E-state index contributed by atoms with van der Waals surface area (Å²) in [6.45, 7) is 4.33. The van der Waals surface area contributed by atoms with Gasteiger partial charge >= 0.3 is 5.63 Å². The van der Waals surface area contributed by atoms with Crippen LogP contribution < -0.4 is 20.4 Å². The number of pyridine rings is 1. The Hall–Kier alpha value is -3.35. The smallest absolute Gasteiger partial charge is 0.339 e. The summed E-state index contributed by atoms with van der Waals surface area (Å²) in [5.74, 6) is 0.947. The molecule has 32 heavy (non-hydrogen) atoms. The molecule has 1 aliphatic heterocycles. The molecule has 0 atom stereocenters. The molecule has 1 aromatic carbocycles. The number of nitrogens with zero attached hydrogens (tertiary/aromatic N) is 1. The molecule has 0 bridgehead atoms. The average Bonchev–Trinajstić information content (AvgIpc) is 3.26. The second kappa shape index (κ2) is 7.97. The maximum atomic E-state index is 12.6. The highest BCUT2D eigenvalue weighted by molar-refractivity contribution is 5.93. The van der Waals surface area contributed by atoms with Gasteiger partial charge in [-0.05, 0) is 69.2 Å². The molecule has 7 nitrogen and oxygen atoms in total. The first-order valence-corrected chi connectivity index (χ1v) is 11.0. The number of hydrogen-bond donors (Lipinski definition) is 1. The molecular formula is C25H26N2O5. The van der Waals surface area contributed by atoms with Gasteiger partial charge in [-0.15, -0.1) is 0 Å². The molecule has 5 rings (SSSR count). The molecule has 166 valence electrons. The van der Waals surface area contributed by atoms with E-state index >= 15 is 0 Å². The van der Waals surface area contributed by atoms with Gasteiger partial charge in [0.1, 0.15) is 22.7 Å². The van der Waals surface area contributed by atoms with Crippen LogP contribution in [-0.4, -0.2) is 23.1 Å². The Labute approximate surface area is 185 Å². The first-order chi connectivity index (χ1) is 15.4. The zero-order valence-electron chi connectivity index (χ0n) is 18.3. The van der Waals surface area contributed by atoms with Crippen molar-refractivity contribution in [2.24, 2.45) is 0 Å². The van der Waals surface area contributed by atoms with E-state index in [-0.39, 0.29) is 23.7 Å². The molecular weight excluding hydrogens is 408 g/mol. The van der Waals surface area contributed by atoms with Crippen LogP contribution in [0.25, 0.3) is 11.0 Å². The molecule has 7 heteroatoms. The van der Waals surface area contributed by atoms with Crippen molar-refractivity contribution in [1.82, 2.24) is 10.3 Å². The normalized spacial score (nSPS) is 16.2. The first-order valence-electron chi connectivity index (χ1n) is 11.0. The van der Waals surface area contributed by atoms with E-state index in [2.05, 4.69) is 10.3 Å². The van der Waals surface area contributed by atoms with E-state index in [1.165, 1.54) is 0 Å². The first kappa shape index (κ1) is 20.5. The van der Waals surface area contributed by atoms with Crippen molar-refractivity contribution >= 4 is 16.9 Å². The highest BCUT2D eigenvalue weighted by Gasteiger charge is 2.32. The molecule has 1 N–H and O–H groups in total. The molecule has 1 aliphatic carbocycles. The van der Waals surface area contributed by atoms with Gasteiger partial charge in [0.25, 0.3) is 5.91 Å². The lowest BCUT2D eigenvalue weighted by atomic mass is 9.91. The number of benzene rings is 1. The highest BCUT2D eigenvalue weighted by atomic mass is 16.5. The van der Waals surface area contributed by atoms with Crippen molar-refractivity contribution in [2.75, 3.05) is 6.61 Å². The van der Waals surface area contributed by atoms with Crippen LogP contribution in [0.5, 0.6) is 11.5 Å². The number of hydrogen-bond acceptors (Lipinski definition) is 6. The quantitative estimate of drug-likeness (QED) is 0.619. The molecule has 1 amide bonds. The number of rotatable bonds is 5. The van der Waals surface area contributed by atoms with Gasteiger partial charge in [-0.3, -0.25) is 9.78 Å². The molecule has 3 aromatic rings. The van der Waals surface area contributed by atoms with E-state index in [1.807, 2.05) is 32.0 Å². The van der Waals surface area contributed by atoms with Crippen LogP contribution in [-0.2, 0) is 30.6 Å². The lowest BCUT2D eigenvalue weighted by molar-refractivity contribution is -0.123. The molecule has 0 fully saturated rings. The SMILES string of the molecule is CC1(C)CCc2c(cc(OCC(=O)NCc3ccncc3)c3c4c(c(=O)oc23)CCC4)O1. The Morgan fingerprint density at radius 1 is 1.16 bits per heavy atom. The largest absolute Gasteiger partial charge is 0.487 e. The fraction of sp³-hybridized carbons (Fsp3) is 0.400. The van der Waals surface area contributed by atoms with E-state index in [0.717, 1.165) is 53.3 Å². The van der Waals surface area contributed by atoms with E-state index in [1.54, 1.807) is 12.4 Å². The summed E-state index contributed by atoms with van der Waals surface area (Å²) in [5, 5.41) is 3.66. The lowest BCUT2D eigenvalue weighted by Gasteiger charge is -2.33. The van der Waals surface area contributed by atoms with Gasteiger partial charge in [0.15, 0.2) is 6.61 Å². The Morgan fingerprint density at radius 3 is 2.75 bits per heavy atom. The molecule has 0 saturated carbocycles. The number of carbonyl (C=O) groups excluding carboxylic acids is 1. The molecule has 0 unspecified atom stereocenters. The fourth-order valence-corrected chi connectivity index (χ4v) is 4.56. The molecule has 0 spiro atoms. The minimum absolute atomic E-state index is 0.143. The van der Waals surface area contributed by atoms with Gasteiger partial charge in [0.05, 0.1) is 5.39 Å². The van der Waals surface area contributed by atoms with Gasteiger partial charge < -0.3 is 19.2 Å². The predicted molar refractivity (Wildman–Crippen MR) is 119 cm³/mol. The number of fused-ring (bicyclic) bond motifs is 5. The van der Waals surface area contributed by atoms with Crippen molar-refractivity contribution in [3.05, 3.63) is 63.3 Å². The van der Waals surface area contributed by atoms with Gasteiger partial charge in [-0.25, -0.2) is 4.79 Å². The summed E-state index contributed by atoms with van der Waals surface area (Å²) in [6.07, 6.45) is 7.37. The summed E-state index contributed by atoms with van der Waals surface area (Å²) >= 11 is 0. The third-order valence-corrected chi connectivity index (χ3v) is 6.23. The summed E-state index contributed by atoms with van der Waals surface area (Å²) in [5.41, 5.74) is 3.51. The Balaban J connectivity index is 1.47. The van der Waals surface area contributed by atoms with E-state index in [4.69, 9.17) is 13.9 Å². The Bertz CT molecular complexity index is 1250. The second-order valence-corrected chi connectivity index (χ2v) is 9.04. The van der Waals surface area contributed by atoms with Crippen LogP contribution >= 0.6 is 0 Å². The van der Waals surface area contributed by atoms with Crippen molar-refractivity contribution in [1.29, 1.82) is 0 Å². The van der Waals surface area contributed by atoms with Crippen molar-refractivity contribution < 1.29 is 18.7 Å². The van der Waals surface area contributed by atoms with Crippen LogP contribution in [0.2, 0.25) is 0 Å². The standard InChI is InChI=1S/C25H26N2O5/c1-25(2)9-6-18-19(32-25)12-20(22-16-4-3-5-17(16)24(29)31-23(18)22)30-14-21(28)27-13-15-7-10-26-11-8-15/h7-8,10-12H,3-6,9,13-14H2,1-2H3,(H,27,28). The van der Waals surface area contributed by atoms with Gasteiger partial charge in [0, 0.05) is 36.1 Å². The minimum Gasteiger partial charge on any atom is -0.487 e. The summed E-state index contributed by atoms with van der Waals surface area (Å²) < 4.78 is 18.0. The predicted octanol–water partition coefficient (Wildman–Crippen LogP) is 3.48. The average molecular weight is 434 g/mol. The van der Waals surface area contributed by atoms with E-state index in [0.29, 0.717) is 30.0 Å². The maximum Gasteiger partial charge on any atom is 0.339 e. The number of amides is 1. The van der Waals surface area contributed by atoms with Crippen LogP contribution in [0.3, 0.4) is 0 Å². The summed E-state index contributed by atoms with van der Waals surface area (Å²) in [4.78, 5) is 29.0. The molecule has 3 heterocycles. The summed E-state index contributed by atoms with van der Waals surface area (Å²) in [6, 6.07) is 5.55. The van der Waals surface area contributed by atoms with Gasteiger partial charge in [-0.1, -0.05) is 0 Å². The van der Waals surface area contributed by atoms with Crippen LogP contribution in [0.15, 0.2) is 39.8 Å². The summed E-state index contributed by atoms with van der Waals surface area (Å²) in [7, 11) is 0. The van der Waals surface area contributed by atoms with Crippen molar-refractivity contribution in [2.45, 2.75) is 58.1 Å². The number of aromatic nitrogens is 1. The zero-order valence-corrected chi connectivity index (χ0v) is 18.3. The van der Waals surface area contributed by atoms with Gasteiger partial charge in [0.2, 0.25) is 0 Å². The van der Waals surface area contributed by atoms with Crippen LogP contribution in [0, 0.1) is 0 Å². The van der Waals surface area contributed by atoms with E-state index in [9.17, 15) is 9.59 Å². The van der Waals surface area contributed by atoms with Crippen molar-refractivity contribution in [3.8, 4) is 11.5 Å². The topological polar surface area (TPSA) is 90.7 Å². The second-order valence-electron chi connectivity index (χ2n) is 9.04. The fourth-order valence-electron chi connectivity index (χ4n) is 4.56. The number of nitrogens with one attached hydrogen (secondary N) is 1. The van der Waals surface area contributed by atoms with Crippen LogP contribution in [0.4, 0.5) is 0 Å². The molecule has 0 radical (unpaired) electrons. The Morgan fingerprint density at radius 2 is 1.94 bits per heavy atom. The van der Waals surface area contributed by atoms with Crippen molar-refractivity contribution in [3.63, 3.8) is 0 Å². The third-order valence-electron chi connectivity index (χ3n) is 6.23. The highest BCUT2D eigenvalue weighted by Crippen LogP contribution is 2.44. The number of aryl methyl sites for hydroxylation is 2. The number of carbonyl (C=O) groups is 1. The zero-order chi connectivity index (χ0) is 22.3. The molecule has 2 aromatic heterocycles. The van der Waals surface area contributed by atoms with Crippen LogP contribution in [0.1, 0.15) is 48.9 Å². The molecule has 2 aliphatic rings. The van der Waals surface area contributed by atoms with E-state index < -0.39 is 0 Å². The monoisotopic (exact) mass is 434 g/mol. The minimum atomic E-state index is -0.323. The lowest BCUT2D eigenvalue weighted by Crippen LogP contribution is -2.33.